The number of nitrogens with one attached hydrogen (secondary N) is 1. The Morgan fingerprint density at radius 1 is 1.11 bits per heavy atom. The van der Waals surface area contributed by atoms with E-state index in [2.05, 4.69) is 20.5 Å². The molecule has 0 saturated heterocycles. The first-order chi connectivity index (χ1) is 20.5. The fourth-order valence-corrected chi connectivity index (χ4v) is 5.29. The molecule has 0 saturated carbocycles. The van der Waals surface area contributed by atoms with Crippen molar-refractivity contribution in [3.63, 3.8) is 0 Å². The molecule has 1 amide bonds. The number of nitrogens with zero attached hydrogens (tertiary/aromatic N) is 3. The zero-order valence-electron chi connectivity index (χ0n) is 24.1. The summed E-state index contributed by atoms with van der Waals surface area (Å²) in [5.74, 6) is -3.03. The third-order valence-corrected chi connectivity index (χ3v) is 7.39. The number of carbonyl (C=O) groups is 1. The summed E-state index contributed by atoms with van der Waals surface area (Å²) < 4.78 is 109. The SMILES string of the molecule is C[C@@H]1CCCSC[C@](OCc2ccccc2)(C(F)(F)F)c2nnc(o2)-c2nc(c(C(F)(F)F)cc2NC(=O)OC(C)(C)C)O1. The summed E-state index contributed by atoms with van der Waals surface area (Å²) in [5, 5.41) is 9.51. The maximum Gasteiger partial charge on any atom is 0.427 e. The van der Waals surface area contributed by atoms with Gasteiger partial charge in [0.1, 0.15) is 11.2 Å². The van der Waals surface area contributed by atoms with E-state index < -0.39 is 82.7 Å². The van der Waals surface area contributed by atoms with E-state index in [-0.39, 0.29) is 12.2 Å². The summed E-state index contributed by atoms with van der Waals surface area (Å²) in [6.45, 7) is 5.65. The van der Waals surface area contributed by atoms with Crippen molar-refractivity contribution >= 4 is 23.5 Å². The molecule has 3 heterocycles. The van der Waals surface area contributed by atoms with E-state index in [1.807, 2.05) is 0 Å². The molecule has 0 radical (unpaired) electrons. The molecule has 16 heteroatoms. The molecule has 0 spiro atoms. The van der Waals surface area contributed by atoms with Gasteiger partial charge in [-0.2, -0.15) is 38.1 Å². The average Bonchev–Trinajstić information content (AvgIpc) is 3.39. The Hall–Kier alpha value is -3.53. The van der Waals surface area contributed by atoms with Crippen molar-refractivity contribution < 1.29 is 49.8 Å². The number of aromatic nitrogens is 3. The van der Waals surface area contributed by atoms with E-state index in [0.717, 1.165) is 11.8 Å². The monoisotopic (exact) mass is 648 g/mol. The number of halogens is 6. The van der Waals surface area contributed by atoms with Gasteiger partial charge in [-0.25, -0.2) is 9.78 Å². The standard InChI is InChI=1S/C28H30F6N4O5S/c1-16-9-8-12-44-15-26(28(32,33)34,40-14-17-10-6-5-7-11-17)23-38-37-22(42-23)20-19(35-24(39)43-25(2,3)4)13-18(27(29,30)31)21(36-20)41-16/h5-7,10-11,13,16H,8-9,12,14-15H2,1-4H3,(H,35,39)/t16-,26-/m1/s1. The molecule has 240 valence electrons. The van der Waals surface area contributed by atoms with Gasteiger partial charge in [0.15, 0.2) is 5.69 Å². The van der Waals surface area contributed by atoms with Gasteiger partial charge in [0.05, 0.1) is 18.4 Å². The van der Waals surface area contributed by atoms with Gasteiger partial charge in [-0.3, -0.25) is 5.32 Å². The molecule has 1 aliphatic rings. The van der Waals surface area contributed by atoms with E-state index in [0.29, 0.717) is 18.1 Å². The summed E-state index contributed by atoms with van der Waals surface area (Å²) in [6, 6.07) is 8.68. The molecular formula is C28H30F6N4O5S. The van der Waals surface area contributed by atoms with Crippen LogP contribution >= 0.6 is 11.8 Å². The average molecular weight is 649 g/mol. The molecule has 44 heavy (non-hydrogen) atoms. The number of amides is 1. The van der Waals surface area contributed by atoms with Crippen molar-refractivity contribution in [2.24, 2.45) is 0 Å². The lowest BCUT2D eigenvalue weighted by atomic mass is 10.1. The van der Waals surface area contributed by atoms with E-state index in [9.17, 15) is 31.1 Å². The summed E-state index contributed by atoms with van der Waals surface area (Å²) in [4.78, 5) is 16.5. The van der Waals surface area contributed by atoms with Crippen LogP contribution in [0.1, 0.15) is 57.6 Å². The Kier molecular flexibility index (Phi) is 9.73. The van der Waals surface area contributed by atoms with Crippen LogP contribution in [0.5, 0.6) is 5.88 Å². The van der Waals surface area contributed by atoms with E-state index >= 15 is 0 Å². The quantitative estimate of drug-likeness (QED) is 0.284. The maximum atomic E-state index is 14.9. The summed E-state index contributed by atoms with van der Waals surface area (Å²) >= 11 is 0.909. The van der Waals surface area contributed by atoms with Gasteiger partial charge < -0.3 is 18.6 Å². The lowest BCUT2D eigenvalue weighted by Crippen LogP contribution is -2.47. The number of alkyl halides is 6. The van der Waals surface area contributed by atoms with Crippen LogP contribution in [0.3, 0.4) is 0 Å². The molecule has 4 bridgehead atoms. The van der Waals surface area contributed by atoms with Crippen LogP contribution in [-0.4, -0.2) is 50.7 Å². The highest BCUT2D eigenvalue weighted by molar-refractivity contribution is 7.99. The van der Waals surface area contributed by atoms with Crippen LogP contribution in [0.25, 0.3) is 11.6 Å². The second-order valence-corrected chi connectivity index (χ2v) is 12.1. The molecule has 2 atom stereocenters. The number of hydrogen-bond acceptors (Lipinski definition) is 9. The Morgan fingerprint density at radius 2 is 1.82 bits per heavy atom. The first kappa shape index (κ1) is 33.4. The number of carbonyl (C=O) groups excluding carboxylic acids is 1. The van der Waals surface area contributed by atoms with Crippen molar-refractivity contribution in [2.45, 2.75) is 76.8 Å². The number of ether oxygens (including phenoxy) is 3. The van der Waals surface area contributed by atoms with Gasteiger partial charge in [-0.1, -0.05) is 30.3 Å². The van der Waals surface area contributed by atoms with Gasteiger partial charge >= 0.3 is 18.4 Å². The molecule has 3 aromatic rings. The Morgan fingerprint density at radius 3 is 2.45 bits per heavy atom. The lowest BCUT2D eigenvalue weighted by Gasteiger charge is -2.32. The zero-order valence-corrected chi connectivity index (χ0v) is 25.0. The minimum Gasteiger partial charge on any atom is -0.474 e. The molecule has 1 aliphatic heterocycles. The number of pyridine rings is 1. The summed E-state index contributed by atoms with van der Waals surface area (Å²) in [5.41, 5.74) is -6.17. The van der Waals surface area contributed by atoms with Crippen LogP contribution in [0, 0.1) is 0 Å². The fourth-order valence-electron chi connectivity index (χ4n) is 4.11. The van der Waals surface area contributed by atoms with Crippen LogP contribution in [-0.2, 0) is 27.9 Å². The Bertz CT molecular complexity index is 1450. The third kappa shape index (κ3) is 7.94. The molecule has 0 fully saturated rings. The van der Waals surface area contributed by atoms with Gasteiger partial charge in [-0.15, -0.1) is 10.2 Å². The topological polar surface area (TPSA) is 109 Å². The highest BCUT2D eigenvalue weighted by Crippen LogP contribution is 2.47. The molecule has 1 N–H and O–H groups in total. The molecule has 1 aromatic carbocycles. The van der Waals surface area contributed by atoms with Crippen LogP contribution in [0.4, 0.5) is 36.8 Å². The normalized spacial score (nSPS) is 19.9. The van der Waals surface area contributed by atoms with Gasteiger partial charge in [0.2, 0.25) is 5.88 Å². The Balaban J connectivity index is 1.89. The number of benzene rings is 1. The van der Waals surface area contributed by atoms with Gasteiger partial charge in [0.25, 0.3) is 17.4 Å². The first-order valence-corrected chi connectivity index (χ1v) is 14.6. The van der Waals surface area contributed by atoms with Crippen molar-refractivity contribution in [3.8, 4) is 17.5 Å². The van der Waals surface area contributed by atoms with E-state index in [4.69, 9.17) is 18.6 Å². The summed E-state index contributed by atoms with van der Waals surface area (Å²) in [7, 11) is 0. The van der Waals surface area contributed by atoms with Crippen LogP contribution in [0.15, 0.2) is 40.8 Å². The van der Waals surface area contributed by atoms with E-state index in [1.54, 1.807) is 30.3 Å². The van der Waals surface area contributed by atoms with Gasteiger partial charge in [0, 0.05) is 5.75 Å². The molecule has 2 aromatic heterocycles. The molecule has 4 rings (SSSR count). The van der Waals surface area contributed by atoms with E-state index in [1.165, 1.54) is 27.7 Å². The number of hydrogen-bond donors (Lipinski definition) is 1. The first-order valence-electron chi connectivity index (χ1n) is 13.4. The molecule has 9 nitrogen and oxygen atoms in total. The zero-order chi connectivity index (χ0) is 32.3. The van der Waals surface area contributed by atoms with Crippen LogP contribution in [0.2, 0.25) is 0 Å². The largest absolute Gasteiger partial charge is 0.474 e. The lowest BCUT2D eigenvalue weighted by molar-refractivity contribution is -0.286. The minimum absolute atomic E-state index is 0.199. The number of rotatable bonds is 4. The minimum atomic E-state index is -5.05. The van der Waals surface area contributed by atoms with Crippen LogP contribution < -0.4 is 10.1 Å². The second kappa shape index (κ2) is 12.8. The number of thioether (sulfide) groups is 1. The Labute approximate surface area is 253 Å². The highest BCUT2D eigenvalue weighted by Gasteiger charge is 2.61. The summed E-state index contributed by atoms with van der Waals surface area (Å²) in [6.07, 6.45) is -11.5. The second-order valence-electron chi connectivity index (χ2n) is 11.0. The number of fused-ring (bicyclic) bond motifs is 5. The highest BCUT2D eigenvalue weighted by atomic mass is 32.2. The number of anilines is 1. The van der Waals surface area contributed by atoms with Crippen molar-refractivity contribution in [1.82, 2.24) is 15.2 Å². The van der Waals surface area contributed by atoms with Crippen molar-refractivity contribution in [3.05, 3.63) is 53.4 Å². The molecular weight excluding hydrogens is 618 g/mol. The fraction of sp³-hybridized carbons (Fsp3) is 0.500. The van der Waals surface area contributed by atoms with Crippen molar-refractivity contribution in [2.75, 3.05) is 16.8 Å². The molecule has 0 aliphatic carbocycles. The predicted molar refractivity (Wildman–Crippen MR) is 148 cm³/mol. The van der Waals surface area contributed by atoms with Gasteiger partial charge in [-0.05, 0) is 57.9 Å². The third-order valence-electron chi connectivity index (χ3n) is 6.21. The smallest absolute Gasteiger partial charge is 0.427 e. The molecule has 0 unspecified atom stereocenters. The maximum absolute atomic E-state index is 14.9. The predicted octanol–water partition coefficient (Wildman–Crippen LogP) is 7.77. The van der Waals surface area contributed by atoms with Crippen molar-refractivity contribution in [1.29, 1.82) is 0 Å².